The second-order valence-corrected chi connectivity index (χ2v) is 3.44. The highest BCUT2D eigenvalue weighted by atomic mass is 16.2. The van der Waals surface area contributed by atoms with E-state index in [9.17, 15) is 9.59 Å². The number of nitrogens with one attached hydrogen (secondary N) is 1. The zero-order chi connectivity index (χ0) is 11.4. The van der Waals surface area contributed by atoms with Gasteiger partial charge in [-0.15, -0.1) is 0 Å². The minimum Gasteiger partial charge on any atom is -0.374 e. The van der Waals surface area contributed by atoms with Crippen molar-refractivity contribution >= 4 is 11.8 Å². The van der Waals surface area contributed by atoms with Crippen LogP contribution in [-0.2, 0) is 9.59 Å². The number of hydrogen-bond acceptors (Lipinski definition) is 3. The van der Waals surface area contributed by atoms with E-state index in [2.05, 4.69) is 5.32 Å². The molecule has 1 rings (SSSR count). The van der Waals surface area contributed by atoms with E-state index in [1.807, 2.05) is 32.1 Å². The molecule has 1 aliphatic rings. The van der Waals surface area contributed by atoms with Gasteiger partial charge in [0.1, 0.15) is 6.04 Å². The summed E-state index contributed by atoms with van der Waals surface area (Å²) in [5.41, 5.74) is 0.860. The van der Waals surface area contributed by atoms with Crippen molar-refractivity contribution in [3.63, 3.8) is 0 Å². The van der Waals surface area contributed by atoms with Gasteiger partial charge in [-0.25, -0.2) is 0 Å². The average molecular weight is 208 g/mol. The smallest absolute Gasteiger partial charge is 0.251 e. The van der Waals surface area contributed by atoms with Crippen molar-refractivity contribution in [3.05, 3.63) is 23.9 Å². The maximum Gasteiger partial charge on any atom is 0.251 e. The van der Waals surface area contributed by atoms with E-state index in [1.165, 1.54) is 11.9 Å². The lowest BCUT2D eigenvalue weighted by atomic mass is 10.2. The normalized spacial score (nSPS) is 23.0. The summed E-state index contributed by atoms with van der Waals surface area (Å²) in [4.78, 5) is 24.0. The zero-order valence-corrected chi connectivity index (χ0v) is 9.28. The number of nitrogens with zero attached hydrogens (tertiary/aromatic N) is 1. The zero-order valence-electron chi connectivity index (χ0n) is 9.28. The van der Waals surface area contributed by atoms with Crippen molar-refractivity contribution in [1.82, 2.24) is 10.2 Å². The van der Waals surface area contributed by atoms with Crippen molar-refractivity contribution in [1.29, 1.82) is 0 Å². The van der Waals surface area contributed by atoms with Gasteiger partial charge in [0.25, 0.3) is 5.91 Å². The van der Waals surface area contributed by atoms with Crippen LogP contribution in [0.4, 0.5) is 0 Å². The lowest BCUT2D eigenvalue weighted by Gasteiger charge is -2.12. The summed E-state index contributed by atoms with van der Waals surface area (Å²) in [7, 11) is 1.51. The SMILES string of the molecule is C/C=C\C(=C/C)NC1CC(=O)N(C)C1=O. The quantitative estimate of drug-likeness (QED) is 0.551. The first-order chi connectivity index (χ1) is 7.10. The highest BCUT2D eigenvalue weighted by Crippen LogP contribution is 2.12. The van der Waals surface area contributed by atoms with Crippen LogP contribution in [0.3, 0.4) is 0 Å². The maximum absolute atomic E-state index is 11.6. The van der Waals surface area contributed by atoms with Crippen LogP contribution in [-0.4, -0.2) is 29.8 Å². The molecule has 1 heterocycles. The van der Waals surface area contributed by atoms with Crippen molar-refractivity contribution in [3.8, 4) is 0 Å². The molecule has 1 fully saturated rings. The van der Waals surface area contributed by atoms with Crippen LogP contribution in [0, 0.1) is 0 Å². The molecule has 0 aromatic heterocycles. The van der Waals surface area contributed by atoms with Crippen LogP contribution in [0.1, 0.15) is 20.3 Å². The van der Waals surface area contributed by atoms with E-state index >= 15 is 0 Å². The molecule has 1 atom stereocenters. The van der Waals surface area contributed by atoms with Crippen LogP contribution >= 0.6 is 0 Å². The third-order valence-corrected chi connectivity index (χ3v) is 2.38. The van der Waals surface area contributed by atoms with Gasteiger partial charge in [0, 0.05) is 12.7 Å². The van der Waals surface area contributed by atoms with E-state index in [0.717, 1.165) is 5.70 Å². The molecule has 1 saturated heterocycles. The summed E-state index contributed by atoms with van der Waals surface area (Å²) in [6.45, 7) is 3.78. The van der Waals surface area contributed by atoms with E-state index in [-0.39, 0.29) is 18.2 Å². The summed E-state index contributed by atoms with van der Waals surface area (Å²) in [5, 5.41) is 3.04. The molecule has 15 heavy (non-hydrogen) atoms. The van der Waals surface area contributed by atoms with Crippen molar-refractivity contribution in [2.24, 2.45) is 0 Å². The maximum atomic E-state index is 11.6. The Morgan fingerprint density at radius 1 is 1.47 bits per heavy atom. The fraction of sp³-hybridized carbons (Fsp3) is 0.455. The molecule has 82 valence electrons. The Hall–Kier alpha value is -1.58. The molecule has 1 unspecified atom stereocenters. The topological polar surface area (TPSA) is 49.4 Å². The fourth-order valence-electron chi connectivity index (χ4n) is 1.48. The fourth-order valence-corrected chi connectivity index (χ4v) is 1.48. The second-order valence-electron chi connectivity index (χ2n) is 3.44. The van der Waals surface area contributed by atoms with Crippen LogP contribution < -0.4 is 5.32 Å². The van der Waals surface area contributed by atoms with E-state index in [1.54, 1.807) is 0 Å². The van der Waals surface area contributed by atoms with Crippen LogP contribution in [0.2, 0.25) is 0 Å². The minimum absolute atomic E-state index is 0.131. The number of rotatable bonds is 3. The van der Waals surface area contributed by atoms with Gasteiger partial charge >= 0.3 is 0 Å². The Balaban J connectivity index is 2.68. The number of imide groups is 1. The Morgan fingerprint density at radius 2 is 2.13 bits per heavy atom. The Bertz CT molecular complexity index is 331. The van der Waals surface area contributed by atoms with Crippen molar-refractivity contribution in [2.75, 3.05) is 7.05 Å². The molecule has 1 aliphatic heterocycles. The summed E-state index contributed by atoms with van der Waals surface area (Å²) in [5.74, 6) is -0.294. The first-order valence-electron chi connectivity index (χ1n) is 4.96. The van der Waals surface area contributed by atoms with Gasteiger partial charge in [-0.1, -0.05) is 12.2 Å². The predicted octanol–water partition coefficient (Wildman–Crippen LogP) is 0.813. The summed E-state index contributed by atoms with van der Waals surface area (Å²) in [6.07, 6.45) is 5.86. The lowest BCUT2D eigenvalue weighted by molar-refractivity contribution is -0.137. The Morgan fingerprint density at radius 3 is 2.53 bits per heavy atom. The Labute approximate surface area is 89.6 Å². The summed E-state index contributed by atoms with van der Waals surface area (Å²) < 4.78 is 0. The number of allylic oxidation sites excluding steroid dienone is 3. The van der Waals surface area contributed by atoms with E-state index in [4.69, 9.17) is 0 Å². The molecular weight excluding hydrogens is 192 g/mol. The molecule has 4 nitrogen and oxygen atoms in total. The van der Waals surface area contributed by atoms with Gasteiger partial charge in [0.15, 0.2) is 0 Å². The average Bonchev–Trinajstić information content (AvgIpc) is 2.46. The second kappa shape index (κ2) is 4.77. The largest absolute Gasteiger partial charge is 0.374 e. The molecule has 0 bridgehead atoms. The molecule has 0 radical (unpaired) electrons. The van der Waals surface area contributed by atoms with Gasteiger partial charge < -0.3 is 5.32 Å². The molecule has 4 heteroatoms. The lowest BCUT2D eigenvalue weighted by Crippen LogP contribution is -2.36. The number of likely N-dealkylation sites (N-methyl/N-ethyl adjacent to an activating group) is 1. The monoisotopic (exact) mass is 208 g/mol. The highest BCUT2D eigenvalue weighted by Gasteiger charge is 2.35. The summed E-state index contributed by atoms with van der Waals surface area (Å²) >= 11 is 0. The van der Waals surface area contributed by atoms with E-state index < -0.39 is 6.04 Å². The summed E-state index contributed by atoms with van der Waals surface area (Å²) in [6, 6.07) is -0.412. The van der Waals surface area contributed by atoms with Crippen LogP contribution in [0.25, 0.3) is 0 Å². The molecular formula is C11H16N2O2. The molecule has 1 N–H and O–H groups in total. The molecule has 0 aliphatic carbocycles. The number of amides is 2. The third kappa shape index (κ3) is 2.46. The molecule has 0 spiro atoms. The van der Waals surface area contributed by atoms with Crippen molar-refractivity contribution in [2.45, 2.75) is 26.3 Å². The molecule has 0 aromatic carbocycles. The van der Waals surface area contributed by atoms with Gasteiger partial charge in [0.2, 0.25) is 5.91 Å². The number of carbonyl (C=O) groups excluding carboxylic acids is 2. The van der Waals surface area contributed by atoms with Crippen molar-refractivity contribution < 1.29 is 9.59 Å². The van der Waals surface area contributed by atoms with Gasteiger partial charge in [-0.05, 0) is 19.9 Å². The van der Waals surface area contributed by atoms with Crippen LogP contribution in [0.5, 0.6) is 0 Å². The van der Waals surface area contributed by atoms with Gasteiger partial charge in [-0.2, -0.15) is 0 Å². The minimum atomic E-state index is -0.412. The first-order valence-corrected chi connectivity index (χ1v) is 4.96. The number of carbonyl (C=O) groups is 2. The molecule has 0 saturated carbocycles. The predicted molar refractivity (Wildman–Crippen MR) is 57.9 cm³/mol. The first kappa shape index (κ1) is 11.5. The Kier molecular flexibility index (Phi) is 3.66. The third-order valence-electron chi connectivity index (χ3n) is 2.38. The standard InChI is InChI=1S/C11H16N2O2/c1-4-6-8(5-2)12-9-7-10(14)13(3)11(9)15/h4-6,9,12H,7H2,1-3H3/b6-4-,8-5+. The number of hydrogen-bond donors (Lipinski definition) is 1. The van der Waals surface area contributed by atoms with E-state index in [0.29, 0.717) is 0 Å². The molecule has 2 amide bonds. The molecule has 0 aromatic rings. The van der Waals surface area contributed by atoms with Gasteiger partial charge in [0.05, 0.1) is 6.42 Å². The number of likely N-dealkylation sites (tertiary alicyclic amines) is 1. The highest BCUT2D eigenvalue weighted by molar-refractivity contribution is 6.05. The van der Waals surface area contributed by atoms with Crippen LogP contribution in [0.15, 0.2) is 23.9 Å². The van der Waals surface area contributed by atoms with Gasteiger partial charge in [-0.3, -0.25) is 14.5 Å².